The second-order valence-electron chi connectivity index (χ2n) is 4.70. The summed E-state index contributed by atoms with van der Waals surface area (Å²) in [6, 6.07) is 7.59. The standard InChI is InChI=1S/C15H18N2O3S/c1-10-16-13(9-21-10)11-5-7-12(8-6-11)15(2,19-3)14(18)17-20-4/h5-9H,1-4H3,(H,17,18). The molecule has 6 heteroatoms. The number of hydrogen-bond donors (Lipinski definition) is 1. The van der Waals surface area contributed by atoms with Gasteiger partial charge >= 0.3 is 0 Å². The second-order valence-corrected chi connectivity index (χ2v) is 5.76. The summed E-state index contributed by atoms with van der Waals surface area (Å²) in [7, 11) is 2.88. The largest absolute Gasteiger partial charge is 0.364 e. The molecule has 0 spiro atoms. The van der Waals surface area contributed by atoms with Crippen molar-refractivity contribution in [3.8, 4) is 11.3 Å². The number of rotatable bonds is 5. The maximum atomic E-state index is 12.1. The summed E-state index contributed by atoms with van der Waals surface area (Å²) in [5.41, 5.74) is 3.89. The highest BCUT2D eigenvalue weighted by atomic mass is 32.1. The van der Waals surface area contributed by atoms with Crippen LogP contribution < -0.4 is 5.48 Å². The fraction of sp³-hybridized carbons (Fsp3) is 0.333. The lowest BCUT2D eigenvalue weighted by atomic mass is 9.93. The van der Waals surface area contributed by atoms with Gasteiger partial charge in [-0.3, -0.25) is 9.63 Å². The maximum absolute atomic E-state index is 12.1. The first-order chi connectivity index (χ1) is 10.0. The number of carbonyl (C=O) groups is 1. The van der Waals surface area contributed by atoms with E-state index in [-0.39, 0.29) is 5.91 Å². The van der Waals surface area contributed by atoms with E-state index in [1.807, 2.05) is 36.6 Å². The SMILES string of the molecule is CONC(=O)C(C)(OC)c1ccc(-c2csc(C)n2)cc1. The average molecular weight is 306 g/mol. The summed E-state index contributed by atoms with van der Waals surface area (Å²) in [4.78, 5) is 21.2. The summed E-state index contributed by atoms with van der Waals surface area (Å²) in [5, 5.41) is 3.03. The van der Waals surface area contributed by atoms with Gasteiger partial charge in [-0.1, -0.05) is 24.3 Å². The van der Waals surface area contributed by atoms with E-state index in [0.717, 1.165) is 21.8 Å². The number of aromatic nitrogens is 1. The van der Waals surface area contributed by atoms with Crippen molar-refractivity contribution in [1.29, 1.82) is 0 Å². The van der Waals surface area contributed by atoms with Crippen LogP contribution in [0, 0.1) is 6.92 Å². The van der Waals surface area contributed by atoms with E-state index in [4.69, 9.17) is 4.74 Å². The van der Waals surface area contributed by atoms with E-state index in [0.29, 0.717) is 0 Å². The molecule has 5 nitrogen and oxygen atoms in total. The minimum absolute atomic E-state index is 0.357. The molecule has 21 heavy (non-hydrogen) atoms. The van der Waals surface area contributed by atoms with Crippen molar-refractivity contribution in [2.75, 3.05) is 14.2 Å². The molecule has 1 atom stereocenters. The average Bonchev–Trinajstić information content (AvgIpc) is 2.93. The Hall–Kier alpha value is -1.76. The van der Waals surface area contributed by atoms with Gasteiger partial charge in [-0.25, -0.2) is 10.5 Å². The number of carbonyl (C=O) groups excluding carboxylic acids is 1. The summed E-state index contributed by atoms with van der Waals surface area (Å²) in [6.45, 7) is 3.67. The quantitative estimate of drug-likeness (QED) is 0.863. The van der Waals surface area contributed by atoms with Gasteiger partial charge in [-0.2, -0.15) is 0 Å². The zero-order valence-corrected chi connectivity index (χ0v) is 13.3. The summed E-state index contributed by atoms with van der Waals surface area (Å²) in [5.74, 6) is -0.357. The van der Waals surface area contributed by atoms with Gasteiger partial charge in [0.05, 0.1) is 17.8 Å². The van der Waals surface area contributed by atoms with Crippen molar-refractivity contribution < 1.29 is 14.4 Å². The van der Waals surface area contributed by atoms with Gasteiger partial charge < -0.3 is 4.74 Å². The Morgan fingerprint density at radius 1 is 1.29 bits per heavy atom. The van der Waals surface area contributed by atoms with Crippen LogP contribution in [0.4, 0.5) is 0 Å². The molecule has 0 saturated carbocycles. The molecular formula is C15H18N2O3S. The molecule has 1 aromatic heterocycles. The minimum atomic E-state index is -1.10. The zero-order chi connectivity index (χ0) is 15.5. The van der Waals surface area contributed by atoms with Crippen molar-refractivity contribution in [2.24, 2.45) is 0 Å². The van der Waals surface area contributed by atoms with Crippen LogP contribution in [0.15, 0.2) is 29.6 Å². The van der Waals surface area contributed by atoms with Gasteiger partial charge in [-0.05, 0) is 19.4 Å². The number of hydrogen-bond acceptors (Lipinski definition) is 5. The Labute approximate surface area is 127 Å². The molecule has 2 rings (SSSR count). The number of nitrogens with zero attached hydrogens (tertiary/aromatic N) is 1. The number of methoxy groups -OCH3 is 1. The van der Waals surface area contributed by atoms with E-state index >= 15 is 0 Å². The molecule has 1 amide bonds. The number of thiazole rings is 1. The number of ether oxygens (including phenoxy) is 1. The highest BCUT2D eigenvalue weighted by Crippen LogP contribution is 2.28. The predicted octanol–water partition coefficient (Wildman–Crippen LogP) is 2.66. The number of benzene rings is 1. The third kappa shape index (κ3) is 3.12. The van der Waals surface area contributed by atoms with E-state index in [9.17, 15) is 4.79 Å². The summed E-state index contributed by atoms with van der Waals surface area (Å²) in [6.07, 6.45) is 0. The number of aryl methyl sites for hydroxylation is 1. The third-order valence-electron chi connectivity index (χ3n) is 3.39. The number of amides is 1. The van der Waals surface area contributed by atoms with Crippen LogP contribution in [0.1, 0.15) is 17.5 Å². The Balaban J connectivity index is 2.30. The van der Waals surface area contributed by atoms with Crippen molar-refractivity contribution in [1.82, 2.24) is 10.5 Å². The lowest BCUT2D eigenvalue weighted by Crippen LogP contribution is -2.43. The molecule has 0 radical (unpaired) electrons. The molecule has 0 fully saturated rings. The first-order valence-corrected chi connectivity index (χ1v) is 7.31. The Bertz CT molecular complexity index is 624. The molecule has 2 aromatic rings. The van der Waals surface area contributed by atoms with Crippen molar-refractivity contribution in [2.45, 2.75) is 19.4 Å². The van der Waals surface area contributed by atoms with Crippen LogP contribution in [0.3, 0.4) is 0 Å². The predicted molar refractivity (Wildman–Crippen MR) is 81.8 cm³/mol. The van der Waals surface area contributed by atoms with Crippen molar-refractivity contribution in [3.63, 3.8) is 0 Å². The van der Waals surface area contributed by atoms with Gasteiger partial charge in [0.2, 0.25) is 0 Å². The first-order valence-electron chi connectivity index (χ1n) is 6.43. The summed E-state index contributed by atoms with van der Waals surface area (Å²) >= 11 is 1.61. The van der Waals surface area contributed by atoms with E-state index < -0.39 is 5.60 Å². The fourth-order valence-electron chi connectivity index (χ4n) is 1.99. The van der Waals surface area contributed by atoms with Crippen molar-refractivity contribution in [3.05, 3.63) is 40.2 Å². The van der Waals surface area contributed by atoms with Crippen molar-refractivity contribution >= 4 is 17.2 Å². The molecule has 1 N–H and O–H groups in total. The topological polar surface area (TPSA) is 60.5 Å². The fourth-order valence-corrected chi connectivity index (χ4v) is 2.61. The molecule has 1 unspecified atom stereocenters. The molecule has 0 bridgehead atoms. The highest BCUT2D eigenvalue weighted by Gasteiger charge is 2.35. The van der Waals surface area contributed by atoms with E-state index in [1.54, 1.807) is 18.3 Å². The zero-order valence-electron chi connectivity index (χ0n) is 12.5. The van der Waals surface area contributed by atoms with Crippen LogP contribution in [-0.4, -0.2) is 25.1 Å². The normalized spacial score (nSPS) is 13.7. The van der Waals surface area contributed by atoms with Gasteiger partial charge in [-0.15, -0.1) is 11.3 Å². The summed E-state index contributed by atoms with van der Waals surface area (Å²) < 4.78 is 5.38. The van der Waals surface area contributed by atoms with Crippen LogP contribution in [0.5, 0.6) is 0 Å². The van der Waals surface area contributed by atoms with Crippen LogP contribution in [-0.2, 0) is 20.0 Å². The van der Waals surface area contributed by atoms with Crippen LogP contribution >= 0.6 is 11.3 Å². The molecule has 1 heterocycles. The molecule has 0 aliphatic rings. The number of nitrogens with one attached hydrogen (secondary N) is 1. The minimum Gasteiger partial charge on any atom is -0.364 e. The van der Waals surface area contributed by atoms with E-state index in [1.165, 1.54) is 14.2 Å². The molecule has 112 valence electrons. The van der Waals surface area contributed by atoms with Crippen LogP contribution in [0.2, 0.25) is 0 Å². The maximum Gasteiger partial charge on any atom is 0.280 e. The molecule has 0 aliphatic heterocycles. The van der Waals surface area contributed by atoms with Crippen LogP contribution in [0.25, 0.3) is 11.3 Å². The smallest absolute Gasteiger partial charge is 0.280 e. The lowest BCUT2D eigenvalue weighted by Gasteiger charge is -2.26. The monoisotopic (exact) mass is 306 g/mol. The van der Waals surface area contributed by atoms with Gasteiger partial charge in [0.15, 0.2) is 5.60 Å². The van der Waals surface area contributed by atoms with Gasteiger partial charge in [0.1, 0.15) is 0 Å². The molecule has 1 aromatic carbocycles. The van der Waals surface area contributed by atoms with Gasteiger partial charge in [0, 0.05) is 18.1 Å². The Morgan fingerprint density at radius 2 is 1.95 bits per heavy atom. The number of hydroxylamine groups is 1. The van der Waals surface area contributed by atoms with E-state index in [2.05, 4.69) is 15.3 Å². The molecular weight excluding hydrogens is 288 g/mol. The van der Waals surface area contributed by atoms with Gasteiger partial charge in [0.25, 0.3) is 5.91 Å². The third-order valence-corrected chi connectivity index (χ3v) is 4.16. The Kier molecular flexibility index (Phi) is 4.72. The Morgan fingerprint density at radius 3 is 2.43 bits per heavy atom. The highest BCUT2D eigenvalue weighted by molar-refractivity contribution is 7.09. The molecule has 0 saturated heterocycles. The second kappa shape index (κ2) is 6.34. The molecule has 0 aliphatic carbocycles. The lowest BCUT2D eigenvalue weighted by molar-refractivity contribution is -0.153. The first kappa shape index (κ1) is 15.6.